The van der Waals surface area contributed by atoms with Crippen LogP contribution in [0.5, 0.6) is 11.5 Å². The van der Waals surface area contributed by atoms with Gasteiger partial charge in [0, 0.05) is 31.7 Å². The second-order valence-electron chi connectivity index (χ2n) is 5.96. The molecule has 1 rings (SSSR count). The number of nitrogens with one attached hydrogen (secondary N) is 1. The zero-order chi connectivity index (χ0) is 17.2. The number of phenols is 1. The minimum absolute atomic E-state index is 0.0202. The highest BCUT2D eigenvalue weighted by Gasteiger charge is 2.10. The monoisotopic (exact) mass is 323 g/mol. The van der Waals surface area contributed by atoms with Gasteiger partial charge in [-0.2, -0.15) is 0 Å². The molecule has 0 saturated heterocycles. The number of rotatable bonds is 10. The molecule has 0 fully saturated rings. The highest BCUT2D eigenvalue weighted by Crippen LogP contribution is 2.26. The topological polar surface area (TPSA) is 87.8 Å². The maximum Gasteiger partial charge on any atom is 0.251 e. The quantitative estimate of drug-likeness (QED) is 0.606. The van der Waals surface area contributed by atoms with Gasteiger partial charge in [-0.3, -0.25) is 4.79 Å². The van der Waals surface area contributed by atoms with Crippen molar-refractivity contribution < 1.29 is 14.6 Å². The highest BCUT2D eigenvalue weighted by atomic mass is 16.5. The van der Waals surface area contributed by atoms with Gasteiger partial charge in [0.15, 0.2) is 11.5 Å². The molecule has 130 valence electrons. The molecule has 0 aliphatic carbocycles. The molecule has 0 heterocycles. The minimum Gasteiger partial charge on any atom is -0.504 e. The lowest BCUT2D eigenvalue weighted by Gasteiger charge is -2.22. The van der Waals surface area contributed by atoms with Gasteiger partial charge in [-0.15, -0.1) is 0 Å². The lowest BCUT2D eigenvalue weighted by molar-refractivity contribution is 0.0947. The average molecular weight is 323 g/mol. The lowest BCUT2D eigenvalue weighted by atomic mass is 10.1. The Balaban J connectivity index is 2.47. The Morgan fingerprint density at radius 1 is 1.35 bits per heavy atom. The predicted molar refractivity (Wildman–Crippen MR) is 91.9 cm³/mol. The van der Waals surface area contributed by atoms with Crippen LogP contribution >= 0.6 is 0 Å². The number of aromatic hydroxyl groups is 1. The van der Waals surface area contributed by atoms with E-state index in [1.54, 1.807) is 6.07 Å². The van der Waals surface area contributed by atoms with E-state index in [0.29, 0.717) is 30.3 Å². The van der Waals surface area contributed by atoms with Crippen LogP contribution in [0.3, 0.4) is 0 Å². The molecule has 6 heteroatoms. The summed E-state index contributed by atoms with van der Waals surface area (Å²) in [5.74, 6) is 0.778. The van der Waals surface area contributed by atoms with Crippen molar-refractivity contribution in [3.63, 3.8) is 0 Å². The zero-order valence-corrected chi connectivity index (χ0v) is 14.3. The fraction of sp³-hybridized carbons (Fsp3) is 0.588. The first-order chi connectivity index (χ1) is 11.0. The second-order valence-corrected chi connectivity index (χ2v) is 5.96. The number of carbonyl (C=O) groups is 1. The van der Waals surface area contributed by atoms with Gasteiger partial charge >= 0.3 is 0 Å². The van der Waals surface area contributed by atoms with E-state index in [9.17, 15) is 9.90 Å². The molecule has 0 saturated carbocycles. The smallest absolute Gasteiger partial charge is 0.251 e. The van der Waals surface area contributed by atoms with Crippen LogP contribution in [0.15, 0.2) is 18.2 Å². The minimum atomic E-state index is -0.181. The van der Waals surface area contributed by atoms with E-state index in [2.05, 4.69) is 24.1 Å². The summed E-state index contributed by atoms with van der Waals surface area (Å²) in [5, 5.41) is 12.4. The van der Waals surface area contributed by atoms with Crippen molar-refractivity contribution in [2.45, 2.75) is 20.3 Å². The molecule has 0 aliphatic heterocycles. The van der Waals surface area contributed by atoms with Crippen LogP contribution in [0, 0.1) is 5.92 Å². The summed E-state index contributed by atoms with van der Waals surface area (Å²) in [7, 11) is 1.45. The molecule has 1 amide bonds. The number of hydrogen-bond acceptors (Lipinski definition) is 5. The molecule has 1 aromatic carbocycles. The summed E-state index contributed by atoms with van der Waals surface area (Å²) in [6.45, 7) is 8.14. The largest absolute Gasteiger partial charge is 0.504 e. The van der Waals surface area contributed by atoms with Gasteiger partial charge in [-0.1, -0.05) is 13.8 Å². The predicted octanol–water partition coefficient (Wildman–Crippen LogP) is 1.44. The van der Waals surface area contributed by atoms with Crippen LogP contribution in [0.2, 0.25) is 0 Å². The second kappa shape index (κ2) is 10.1. The Kier molecular flexibility index (Phi) is 8.43. The summed E-state index contributed by atoms with van der Waals surface area (Å²) in [6.07, 6.45) is 1.11. The molecule has 4 N–H and O–H groups in total. The SMILES string of the molecule is COc1cc(C(=O)NCCN(CCN)CCC(C)C)ccc1O. The molecular formula is C17H29N3O3. The fourth-order valence-electron chi connectivity index (χ4n) is 2.21. The number of benzene rings is 1. The summed E-state index contributed by atoms with van der Waals surface area (Å²) in [5.41, 5.74) is 6.10. The van der Waals surface area contributed by atoms with E-state index >= 15 is 0 Å². The zero-order valence-electron chi connectivity index (χ0n) is 14.3. The Hall–Kier alpha value is -1.79. The number of hydrogen-bond donors (Lipinski definition) is 3. The molecule has 6 nitrogen and oxygen atoms in total. The third kappa shape index (κ3) is 6.88. The standard InChI is InChI=1S/C17H29N3O3/c1-13(2)6-9-20(10-7-18)11-8-19-17(22)14-4-5-15(21)16(12-14)23-3/h4-5,12-13,21H,6-11,18H2,1-3H3,(H,19,22). The summed E-state index contributed by atoms with van der Waals surface area (Å²) in [4.78, 5) is 14.4. The van der Waals surface area contributed by atoms with Crippen molar-refractivity contribution in [2.24, 2.45) is 11.7 Å². The maximum atomic E-state index is 12.1. The normalized spacial score (nSPS) is 11.0. The first-order valence-corrected chi connectivity index (χ1v) is 8.05. The van der Waals surface area contributed by atoms with E-state index in [-0.39, 0.29) is 11.7 Å². The number of amides is 1. The Bertz CT molecular complexity index is 492. The number of nitrogens with zero attached hydrogens (tertiary/aromatic N) is 1. The molecule has 0 radical (unpaired) electrons. The summed E-state index contributed by atoms with van der Waals surface area (Å²) in [6, 6.07) is 4.56. The molecule has 0 atom stereocenters. The number of ether oxygens (including phenoxy) is 1. The van der Waals surface area contributed by atoms with Gasteiger partial charge in [0.05, 0.1) is 7.11 Å². The molecule has 23 heavy (non-hydrogen) atoms. The molecular weight excluding hydrogens is 294 g/mol. The molecule has 0 unspecified atom stereocenters. The van der Waals surface area contributed by atoms with Gasteiger partial charge in [0.2, 0.25) is 0 Å². The van der Waals surface area contributed by atoms with Gasteiger partial charge < -0.3 is 25.8 Å². The Morgan fingerprint density at radius 2 is 2.09 bits per heavy atom. The lowest BCUT2D eigenvalue weighted by Crippen LogP contribution is -2.38. The van der Waals surface area contributed by atoms with E-state index in [0.717, 1.165) is 26.1 Å². The van der Waals surface area contributed by atoms with Crippen molar-refractivity contribution in [3.05, 3.63) is 23.8 Å². The third-order valence-electron chi connectivity index (χ3n) is 3.62. The molecule has 0 bridgehead atoms. The number of nitrogens with two attached hydrogens (primary N) is 1. The number of carbonyl (C=O) groups excluding carboxylic acids is 1. The van der Waals surface area contributed by atoms with Crippen molar-refractivity contribution in [1.29, 1.82) is 0 Å². The van der Waals surface area contributed by atoms with Crippen molar-refractivity contribution in [2.75, 3.05) is 39.8 Å². The van der Waals surface area contributed by atoms with E-state index in [1.165, 1.54) is 19.2 Å². The Labute approximate surface area is 138 Å². The number of phenolic OH excluding ortho intramolecular Hbond substituents is 1. The number of methoxy groups -OCH3 is 1. The van der Waals surface area contributed by atoms with E-state index < -0.39 is 0 Å². The van der Waals surface area contributed by atoms with Crippen molar-refractivity contribution in [1.82, 2.24) is 10.2 Å². The van der Waals surface area contributed by atoms with Crippen LogP contribution < -0.4 is 15.8 Å². The van der Waals surface area contributed by atoms with Crippen LogP contribution in [0.4, 0.5) is 0 Å². The van der Waals surface area contributed by atoms with E-state index in [1.807, 2.05) is 0 Å². The van der Waals surface area contributed by atoms with Gasteiger partial charge in [0.25, 0.3) is 5.91 Å². The highest BCUT2D eigenvalue weighted by molar-refractivity contribution is 5.94. The Morgan fingerprint density at radius 3 is 2.70 bits per heavy atom. The van der Waals surface area contributed by atoms with Crippen LogP contribution in [-0.2, 0) is 0 Å². The fourth-order valence-corrected chi connectivity index (χ4v) is 2.21. The maximum absolute atomic E-state index is 12.1. The van der Waals surface area contributed by atoms with Crippen LogP contribution in [0.25, 0.3) is 0 Å². The van der Waals surface area contributed by atoms with Crippen molar-refractivity contribution in [3.8, 4) is 11.5 Å². The molecule has 0 aromatic heterocycles. The van der Waals surface area contributed by atoms with Crippen LogP contribution in [0.1, 0.15) is 30.6 Å². The molecule has 1 aromatic rings. The first-order valence-electron chi connectivity index (χ1n) is 8.05. The van der Waals surface area contributed by atoms with Crippen molar-refractivity contribution >= 4 is 5.91 Å². The van der Waals surface area contributed by atoms with Crippen LogP contribution in [-0.4, -0.2) is 55.7 Å². The molecule has 0 spiro atoms. The average Bonchev–Trinajstić information content (AvgIpc) is 2.52. The summed E-state index contributed by atoms with van der Waals surface area (Å²) < 4.78 is 5.01. The van der Waals surface area contributed by atoms with Gasteiger partial charge in [0.1, 0.15) is 0 Å². The molecule has 0 aliphatic rings. The summed E-state index contributed by atoms with van der Waals surface area (Å²) >= 11 is 0. The first kappa shape index (κ1) is 19.3. The third-order valence-corrected chi connectivity index (χ3v) is 3.62. The van der Waals surface area contributed by atoms with Gasteiger partial charge in [-0.25, -0.2) is 0 Å². The van der Waals surface area contributed by atoms with Gasteiger partial charge in [-0.05, 0) is 37.1 Å². The van der Waals surface area contributed by atoms with E-state index in [4.69, 9.17) is 10.5 Å².